The van der Waals surface area contributed by atoms with Gasteiger partial charge in [-0.1, -0.05) is 43.2 Å². The van der Waals surface area contributed by atoms with Crippen LogP contribution < -0.4 is 10.6 Å². The Bertz CT molecular complexity index is 625. The molecule has 1 saturated carbocycles. The van der Waals surface area contributed by atoms with Crippen LogP contribution in [0.4, 0.5) is 0 Å². The molecular formula is C22H36N4O2. The van der Waals surface area contributed by atoms with Crippen molar-refractivity contribution in [2.24, 2.45) is 10.4 Å². The molecule has 28 heavy (non-hydrogen) atoms. The van der Waals surface area contributed by atoms with Crippen molar-refractivity contribution in [3.63, 3.8) is 0 Å². The second-order valence-corrected chi connectivity index (χ2v) is 8.03. The molecule has 0 spiro atoms. The van der Waals surface area contributed by atoms with Gasteiger partial charge in [-0.05, 0) is 37.2 Å². The summed E-state index contributed by atoms with van der Waals surface area (Å²) in [6, 6.07) is 10.4. The Morgan fingerprint density at radius 3 is 2.54 bits per heavy atom. The second-order valence-electron chi connectivity index (χ2n) is 8.03. The third-order valence-electron chi connectivity index (χ3n) is 5.66. The predicted molar refractivity (Wildman–Crippen MR) is 114 cm³/mol. The zero-order chi connectivity index (χ0) is 20.4. The van der Waals surface area contributed by atoms with Crippen LogP contribution in [0.2, 0.25) is 0 Å². The van der Waals surface area contributed by atoms with Crippen LogP contribution in [0, 0.1) is 5.41 Å². The van der Waals surface area contributed by atoms with Crippen LogP contribution in [0.5, 0.6) is 0 Å². The molecule has 0 saturated heterocycles. The molecule has 0 aromatic heterocycles. The molecule has 1 aromatic carbocycles. The summed E-state index contributed by atoms with van der Waals surface area (Å²) in [4.78, 5) is 18.1. The highest BCUT2D eigenvalue weighted by Gasteiger charge is 2.33. The molecule has 1 amide bonds. The maximum atomic E-state index is 12.0. The van der Waals surface area contributed by atoms with Crippen molar-refractivity contribution in [2.45, 2.75) is 45.1 Å². The van der Waals surface area contributed by atoms with E-state index in [1.54, 1.807) is 26.1 Å². The van der Waals surface area contributed by atoms with E-state index in [2.05, 4.69) is 34.7 Å². The average Bonchev–Trinajstić information content (AvgIpc) is 3.17. The molecule has 156 valence electrons. The summed E-state index contributed by atoms with van der Waals surface area (Å²) < 4.78 is 5.34. The molecule has 2 rings (SSSR count). The summed E-state index contributed by atoms with van der Waals surface area (Å²) in [7, 11) is 5.27. The molecule has 2 N–H and O–H groups in total. The van der Waals surface area contributed by atoms with Crippen LogP contribution in [0.25, 0.3) is 0 Å². The summed E-state index contributed by atoms with van der Waals surface area (Å²) in [5.74, 6) is 0.679. The fourth-order valence-electron chi connectivity index (χ4n) is 3.70. The van der Waals surface area contributed by atoms with E-state index in [9.17, 15) is 4.79 Å². The van der Waals surface area contributed by atoms with Crippen molar-refractivity contribution in [1.29, 1.82) is 0 Å². The standard InChI is InChI=1S/C22H36N4O2/c1-18(19-10-6-5-7-11-19)25-21(23-16-20(27)26(2)3)24-17-22(14-15-28-4)12-8-9-13-22/h5-7,10-11,18H,8-9,12-17H2,1-4H3,(H2,23,24,25). The molecule has 1 aliphatic carbocycles. The Morgan fingerprint density at radius 2 is 1.93 bits per heavy atom. The molecular weight excluding hydrogens is 352 g/mol. The lowest BCUT2D eigenvalue weighted by Gasteiger charge is -2.30. The Morgan fingerprint density at radius 1 is 1.25 bits per heavy atom. The van der Waals surface area contributed by atoms with Crippen molar-refractivity contribution >= 4 is 11.9 Å². The summed E-state index contributed by atoms with van der Waals surface area (Å²) in [5, 5.41) is 6.98. The van der Waals surface area contributed by atoms with Crippen molar-refractivity contribution in [1.82, 2.24) is 15.5 Å². The van der Waals surface area contributed by atoms with Crippen LogP contribution in [-0.4, -0.2) is 57.7 Å². The van der Waals surface area contributed by atoms with Gasteiger partial charge < -0.3 is 20.3 Å². The van der Waals surface area contributed by atoms with Crippen LogP contribution in [0.3, 0.4) is 0 Å². The summed E-state index contributed by atoms with van der Waals surface area (Å²) in [5.41, 5.74) is 1.44. The monoisotopic (exact) mass is 388 g/mol. The molecule has 0 radical (unpaired) electrons. The smallest absolute Gasteiger partial charge is 0.243 e. The van der Waals surface area contributed by atoms with Crippen molar-refractivity contribution in [3.8, 4) is 0 Å². The van der Waals surface area contributed by atoms with Gasteiger partial charge in [0.05, 0.1) is 6.04 Å². The number of carbonyl (C=O) groups is 1. The number of amides is 1. The van der Waals surface area contributed by atoms with Gasteiger partial charge in [0.2, 0.25) is 5.91 Å². The Labute approximate surface area is 169 Å². The lowest BCUT2D eigenvalue weighted by Crippen LogP contribution is -2.44. The molecule has 1 atom stereocenters. The molecule has 1 fully saturated rings. The number of hydrogen-bond acceptors (Lipinski definition) is 3. The minimum atomic E-state index is -0.0107. The fourth-order valence-corrected chi connectivity index (χ4v) is 3.70. The number of ether oxygens (including phenoxy) is 1. The lowest BCUT2D eigenvalue weighted by molar-refractivity contribution is -0.127. The van der Waals surface area contributed by atoms with E-state index in [1.807, 2.05) is 18.2 Å². The normalized spacial score (nSPS) is 17.2. The topological polar surface area (TPSA) is 66.0 Å². The van der Waals surface area contributed by atoms with Crippen molar-refractivity contribution in [3.05, 3.63) is 35.9 Å². The number of aliphatic imine (C=N–C) groups is 1. The fraction of sp³-hybridized carbons (Fsp3) is 0.636. The largest absolute Gasteiger partial charge is 0.385 e. The highest BCUT2D eigenvalue weighted by Crippen LogP contribution is 2.40. The number of carbonyl (C=O) groups excluding carboxylic acids is 1. The summed E-state index contributed by atoms with van der Waals surface area (Å²) in [6.45, 7) is 3.87. The van der Waals surface area contributed by atoms with Gasteiger partial charge in [0.25, 0.3) is 0 Å². The van der Waals surface area contributed by atoms with Gasteiger partial charge in [0.15, 0.2) is 5.96 Å². The zero-order valence-corrected chi connectivity index (χ0v) is 17.8. The average molecular weight is 389 g/mol. The molecule has 1 unspecified atom stereocenters. The lowest BCUT2D eigenvalue weighted by atomic mass is 9.83. The summed E-state index contributed by atoms with van der Waals surface area (Å²) in [6.07, 6.45) is 6.01. The number of hydrogen-bond donors (Lipinski definition) is 2. The van der Waals surface area contributed by atoms with E-state index in [0.717, 1.165) is 19.6 Å². The Balaban J connectivity index is 2.06. The van der Waals surface area contributed by atoms with Gasteiger partial charge in [-0.15, -0.1) is 0 Å². The maximum absolute atomic E-state index is 12.0. The van der Waals surface area contributed by atoms with Gasteiger partial charge in [-0.2, -0.15) is 0 Å². The number of nitrogens with one attached hydrogen (secondary N) is 2. The van der Waals surface area contributed by atoms with Gasteiger partial charge in [0.1, 0.15) is 6.54 Å². The minimum absolute atomic E-state index is 0.0107. The third-order valence-corrected chi connectivity index (χ3v) is 5.66. The maximum Gasteiger partial charge on any atom is 0.243 e. The van der Waals surface area contributed by atoms with E-state index >= 15 is 0 Å². The highest BCUT2D eigenvalue weighted by atomic mass is 16.5. The van der Waals surface area contributed by atoms with Crippen LogP contribution in [0.15, 0.2) is 35.3 Å². The number of rotatable bonds is 9. The Hall–Kier alpha value is -2.08. The number of nitrogens with zero attached hydrogens (tertiary/aromatic N) is 2. The summed E-state index contributed by atoms with van der Waals surface area (Å²) >= 11 is 0. The van der Waals surface area contributed by atoms with Gasteiger partial charge in [-0.25, -0.2) is 4.99 Å². The third kappa shape index (κ3) is 6.82. The van der Waals surface area contributed by atoms with Gasteiger partial charge in [-0.3, -0.25) is 4.79 Å². The van der Waals surface area contributed by atoms with Crippen LogP contribution in [-0.2, 0) is 9.53 Å². The number of likely N-dealkylation sites (N-methyl/N-ethyl adjacent to an activating group) is 1. The van der Waals surface area contributed by atoms with Crippen molar-refractivity contribution in [2.75, 3.05) is 40.9 Å². The highest BCUT2D eigenvalue weighted by molar-refractivity contribution is 5.85. The number of methoxy groups -OCH3 is 1. The van der Waals surface area contributed by atoms with E-state index in [1.165, 1.54) is 31.2 Å². The molecule has 1 aliphatic rings. The molecule has 0 heterocycles. The first-order valence-corrected chi connectivity index (χ1v) is 10.2. The SMILES string of the molecule is COCCC1(CNC(=NCC(=O)N(C)C)NC(C)c2ccccc2)CCCC1. The quantitative estimate of drug-likeness (QED) is 0.504. The molecule has 6 nitrogen and oxygen atoms in total. The Kier molecular flexibility index (Phi) is 8.77. The first kappa shape index (κ1) is 22.2. The molecule has 6 heteroatoms. The van der Waals surface area contributed by atoms with Crippen LogP contribution >= 0.6 is 0 Å². The number of benzene rings is 1. The second kappa shape index (κ2) is 11.1. The van der Waals surface area contributed by atoms with E-state index in [0.29, 0.717) is 5.96 Å². The first-order valence-electron chi connectivity index (χ1n) is 10.2. The van der Waals surface area contributed by atoms with Gasteiger partial charge in [0, 0.05) is 34.4 Å². The van der Waals surface area contributed by atoms with E-state index < -0.39 is 0 Å². The molecule has 0 bridgehead atoms. The van der Waals surface area contributed by atoms with Crippen molar-refractivity contribution < 1.29 is 9.53 Å². The number of guanidine groups is 1. The predicted octanol–water partition coefficient (Wildman–Crippen LogP) is 2.97. The minimum Gasteiger partial charge on any atom is -0.385 e. The van der Waals surface area contributed by atoms with Crippen LogP contribution in [0.1, 0.15) is 50.6 Å². The molecule has 1 aromatic rings. The first-order chi connectivity index (χ1) is 13.5. The van der Waals surface area contributed by atoms with E-state index in [4.69, 9.17) is 4.74 Å². The van der Waals surface area contributed by atoms with E-state index in [-0.39, 0.29) is 23.9 Å². The molecule has 0 aliphatic heterocycles. The zero-order valence-electron chi connectivity index (χ0n) is 17.8. The van der Waals surface area contributed by atoms with Gasteiger partial charge >= 0.3 is 0 Å².